The first-order chi connectivity index (χ1) is 9.02. The molecule has 0 aromatic heterocycles. The van der Waals surface area contributed by atoms with E-state index in [0.29, 0.717) is 13.2 Å². The summed E-state index contributed by atoms with van der Waals surface area (Å²) in [6, 6.07) is 6.67. The molecule has 1 aromatic rings. The van der Waals surface area contributed by atoms with Gasteiger partial charge in [0.1, 0.15) is 5.82 Å². The molecular weight excluding hydrogens is 245 g/mol. The highest BCUT2D eigenvalue weighted by molar-refractivity contribution is 5.30. The average molecular weight is 267 g/mol. The lowest BCUT2D eigenvalue weighted by Crippen LogP contribution is -2.38. The molecule has 1 fully saturated rings. The molecular formula is C15H22FNO2. The molecule has 0 spiro atoms. The molecule has 106 valence electrons. The van der Waals surface area contributed by atoms with Gasteiger partial charge in [-0.15, -0.1) is 0 Å². The Morgan fingerprint density at radius 2 is 2.16 bits per heavy atom. The smallest absolute Gasteiger partial charge is 0.123 e. The maximum absolute atomic E-state index is 13.2. The number of hydrogen-bond donors (Lipinski definition) is 2. The number of hydrogen-bond acceptors (Lipinski definition) is 3. The first kappa shape index (κ1) is 14.4. The van der Waals surface area contributed by atoms with Gasteiger partial charge in [-0.05, 0) is 44.4 Å². The number of halogens is 1. The van der Waals surface area contributed by atoms with E-state index in [-0.39, 0.29) is 17.5 Å². The van der Waals surface area contributed by atoms with Crippen molar-refractivity contribution in [3.05, 3.63) is 35.6 Å². The minimum absolute atomic E-state index is 0.118. The molecule has 1 aliphatic carbocycles. The number of aliphatic hydroxyl groups excluding tert-OH is 1. The predicted octanol–water partition coefficient (Wildman–Crippen LogP) is 2.19. The summed E-state index contributed by atoms with van der Waals surface area (Å²) in [6.45, 7) is 4.66. The predicted molar refractivity (Wildman–Crippen MR) is 72.4 cm³/mol. The second-order valence-corrected chi connectivity index (χ2v) is 5.51. The fourth-order valence-electron chi connectivity index (χ4n) is 2.15. The number of aliphatic hydroxyl groups is 1. The molecule has 1 atom stereocenters. The minimum Gasteiger partial charge on any atom is -0.389 e. The van der Waals surface area contributed by atoms with Crippen molar-refractivity contribution in [2.24, 2.45) is 0 Å². The maximum atomic E-state index is 13.2. The normalized spacial score (nSPS) is 18.6. The molecule has 1 aliphatic rings. The molecule has 1 saturated carbocycles. The van der Waals surface area contributed by atoms with Crippen molar-refractivity contribution < 1.29 is 14.2 Å². The summed E-state index contributed by atoms with van der Waals surface area (Å²) in [7, 11) is 0. The highest BCUT2D eigenvalue weighted by atomic mass is 19.1. The molecule has 0 amide bonds. The van der Waals surface area contributed by atoms with Crippen LogP contribution in [0.3, 0.4) is 0 Å². The van der Waals surface area contributed by atoms with Gasteiger partial charge in [-0.1, -0.05) is 12.1 Å². The van der Waals surface area contributed by atoms with E-state index < -0.39 is 6.10 Å². The molecule has 0 saturated heterocycles. The molecule has 19 heavy (non-hydrogen) atoms. The van der Waals surface area contributed by atoms with Crippen LogP contribution in [0.15, 0.2) is 24.3 Å². The zero-order valence-corrected chi connectivity index (χ0v) is 11.5. The Morgan fingerprint density at radius 3 is 2.74 bits per heavy atom. The topological polar surface area (TPSA) is 41.5 Å². The summed E-state index contributed by atoms with van der Waals surface area (Å²) in [6.07, 6.45) is 1.55. The van der Waals surface area contributed by atoms with Crippen molar-refractivity contribution in [1.29, 1.82) is 0 Å². The van der Waals surface area contributed by atoms with E-state index >= 15 is 0 Å². The Hall–Kier alpha value is -0.970. The summed E-state index contributed by atoms with van der Waals surface area (Å²) < 4.78 is 18.6. The van der Waals surface area contributed by atoms with Gasteiger partial charge in [-0.25, -0.2) is 4.39 Å². The quantitative estimate of drug-likeness (QED) is 0.795. The van der Waals surface area contributed by atoms with E-state index in [1.807, 2.05) is 19.9 Å². The summed E-state index contributed by atoms with van der Waals surface area (Å²) in [5.41, 5.74) is 0.811. The SMILES string of the molecule is CC(C)OCC(O)CNC1(c2cccc(F)c2)CC1. The van der Waals surface area contributed by atoms with Gasteiger partial charge in [0.15, 0.2) is 0 Å². The number of nitrogens with one attached hydrogen (secondary N) is 1. The molecule has 0 radical (unpaired) electrons. The van der Waals surface area contributed by atoms with Crippen molar-refractivity contribution >= 4 is 0 Å². The Kier molecular flexibility index (Phi) is 4.55. The van der Waals surface area contributed by atoms with Crippen LogP contribution in [0.25, 0.3) is 0 Å². The van der Waals surface area contributed by atoms with E-state index in [1.165, 1.54) is 6.07 Å². The lowest BCUT2D eigenvalue weighted by atomic mass is 10.0. The molecule has 2 rings (SSSR count). The molecule has 0 bridgehead atoms. The Balaban J connectivity index is 1.85. The number of ether oxygens (including phenoxy) is 1. The molecule has 0 aliphatic heterocycles. The van der Waals surface area contributed by atoms with Crippen LogP contribution in [0.1, 0.15) is 32.3 Å². The first-order valence-corrected chi connectivity index (χ1v) is 6.82. The Labute approximate surface area is 113 Å². The van der Waals surface area contributed by atoms with Crippen molar-refractivity contribution in [3.8, 4) is 0 Å². The number of rotatable bonds is 7. The Bertz CT molecular complexity index is 418. The van der Waals surface area contributed by atoms with E-state index in [2.05, 4.69) is 5.32 Å². The van der Waals surface area contributed by atoms with Crippen molar-refractivity contribution in [3.63, 3.8) is 0 Å². The van der Waals surface area contributed by atoms with Gasteiger partial charge in [0.05, 0.1) is 18.8 Å². The zero-order valence-electron chi connectivity index (χ0n) is 11.5. The van der Waals surface area contributed by atoms with Crippen LogP contribution in [0.4, 0.5) is 4.39 Å². The van der Waals surface area contributed by atoms with Gasteiger partial charge < -0.3 is 15.2 Å². The lowest BCUT2D eigenvalue weighted by molar-refractivity contribution is 0.00502. The highest BCUT2D eigenvalue weighted by Crippen LogP contribution is 2.45. The highest BCUT2D eigenvalue weighted by Gasteiger charge is 2.44. The summed E-state index contributed by atoms with van der Waals surface area (Å²) in [4.78, 5) is 0. The van der Waals surface area contributed by atoms with Crippen LogP contribution in [-0.2, 0) is 10.3 Å². The second-order valence-electron chi connectivity index (χ2n) is 5.51. The van der Waals surface area contributed by atoms with Crippen LogP contribution in [0.2, 0.25) is 0 Å². The Morgan fingerprint density at radius 1 is 1.42 bits per heavy atom. The van der Waals surface area contributed by atoms with Crippen LogP contribution < -0.4 is 5.32 Å². The standard InChI is InChI=1S/C15H22FNO2/c1-11(2)19-10-14(18)9-17-15(6-7-15)12-4-3-5-13(16)8-12/h3-5,8,11,14,17-18H,6-7,9-10H2,1-2H3. The molecule has 1 unspecified atom stereocenters. The first-order valence-electron chi connectivity index (χ1n) is 6.82. The third-order valence-corrected chi connectivity index (χ3v) is 3.43. The van der Waals surface area contributed by atoms with Crippen molar-refractivity contribution in [2.75, 3.05) is 13.2 Å². The largest absolute Gasteiger partial charge is 0.389 e. The van der Waals surface area contributed by atoms with E-state index in [0.717, 1.165) is 18.4 Å². The molecule has 4 heteroatoms. The lowest BCUT2D eigenvalue weighted by Gasteiger charge is -2.21. The average Bonchev–Trinajstić information content (AvgIpc) is 3.15. The van der Waals surface area contributed by atoms with Crippen LogP contribution in [0.5, 0.6) is 0 Å². The van der Waals surface area contributed by atoms with Gasteiger partial charge in [-0.2, -0.15) is 0 Å². The molecule has 0 heterocycles. The molecule has 3 nitrogen and oxygen atoms in total. The van der Waals surface area contributed by atoms with E-state index in [1.54, 1.807) is 12.1 Å². The fraction of sp³-hybridized carbons (Fsp3) is 0.600. The third kappa shape index (κ3) is 4.00. The summed E-state index contributed by atoms with van der Waals surface area (Å²) in [5.74, 6) is -0.214. The molecule has 1 aromatic carbocycles. The van der Waals surface area contributed by atoms with Gasteiger partial charge >= 0.3 is 0 Å². The summed E-state index contributed by atoms with van der Waals surface area (Å²) >= 11 is 0. The van der Waals surface area contributed by atoms with Crippen LogP contribution >= 0.6 is 0 Å². The zero-order chi connectivity index (χ0) is 13.9. The van der Waals surface area contributed by atoms with Gasteiger partial charge in [0.2, 0.25) is 0 Å². The fourth-order valence-corrected chi connectivity index (χ4v) is 2.15. The minimum atomic E-state index is -0.534. The van der Waals surface area contributed by atoms with Crippen molar-refractivity contribution in [2.45, 2.75) is 44.4 Å². The van der Waals surface area contributed by atoms with Gasteiger partial charge in [0.25, 0.3) is 0 Å². The van der Waals surface area contributed by atoms with Gasteiger partial charge in [-0.3, -0.25) is 0 Å². The second kappa shape index (κ2) is 5.99. The van der Waals surface area contributed by atoms with Gasteiger partial charge in [0, 0.05) is 12.1 Å². The number of benzene rings is 1. The van der Waals surface area contributed by atoms with Crippen LogP contribution in [0, 0.1) is 5.82 Å². The van der Waals surface area contributed by atoms with Crippen molar-refractivity contribution in [1.82, 2.24) is 5.32 Å². The monoisotopic (exact) mass is 267 g/mol. The van der Waals surface area contributed by atoms with Crippen LogP contribution in [-0.4, -0.2) is 30.5 Å². The third-order valence-electron chi connectivity index (χ3n) is 3.43. The summed E-state index contributed by atoms with van der Waals surface area (Å²) in [5, 5.41) is 13.2. The molecule has 2 N–H and O–H groups in total. The van der Waals surface area contributed by atoms with E-state index in [4.69, 9.17) is 4.74 Å². The maximum Gasteiger partial charge on any atom is 0.123 e. The van der Waals surface area contributed by atoms with E-state index in [9.17, 15) is 9.50 Å².